The summed E-state index contributed by atoms with van der Waals surface area (Å²) in [6.07, 6.45) is 0.642. The summed E-state index contributed by atoms with van der Waals surface area (Å²) in [6, 6.07) is 7.34. The fourth-order valence-corrected chi connectivity index (χ4v) is 1.26. The van der Waals surface area contributed by atoms with Crippen LogP contribution in [0.2, 0.25) is 0 Å². The van der Waals surface area contributed by atoms with E-state index in [0.717, 1.165) is 11.1 Å². The average Bonchev–Trinajstić information content (AvgIpc) is 2.56. The lowest BCUT2D eigenvalue weighted by molar-refractivity contribution is -0.140. The number of rotatable bonds is 5. The van der Waals surface area contributed by atoms with Crippen molar-refractivity contribution in [3.05, 3.63) is 35.4 Å². The smallest absolute Gasteiger partial charge is 0.348 e. The third kappa shape index (κ3) is 14.4. The van der Waals surface area contributed by atoms with Gasteiger partial charge in [-0.1, -0.05) is 24.3 Å². The third-order valence-electron chi connectivity index (χ3n) is 2.35. The Morgan fingerprint density at radius 2 is 1.54 bits per heavy atom. The van der Waals surface area contributed by atoms with Gasteiger partial charge in [0.1, 0.15) is 6.21 Å². The number of hydrogen-bond acceptors (Lipinski definition) is 7. The van der Waals surface area contributed by atoms with Gasteiger partial charge in [-0.2, -0.15) is 0 Å². The molecule has 1 aromatic carbocycles. The molecule has 0 atom stereocenters. The monoisotopic (exact) mass is 338 g/mol. The van der Waals surface area contributed by atoms with Gasteiger partial charge in [-0.15, -0.1) is 0 Å². The summed E-state index contributed by atoms with van der Waals surface area (Å²) in [5.41, 5.74) is 7.18. The highest BCUT2D eigenvalue weighted by atomic mass is 16.5. The Balaban J connectivity index is 0. The van der Waals surface area contributed by atoms with Gasteiger partial charge in [0, 0.05) is 19.0 Å². The first-order chi connectivity index (χ1) is 11.3. The summed E-state index contributed by atoms with van der Waals surface area (Å²) in [5.74, 6) is -0.700. The van der Waals surface area contributed by atoms with Crippen LogP contribution >= 0.6 is 0 Å². The molecule has 0 aliphatic heterocycles. The predicted octanol–water partition coefficient (Wildman–Crippen LogP) is 2.12. The summed E-state index contributed by atoms with van der Waals surface area (Å²) in [5, 5.41) is 6.31. The highest BCUT2D eigenvalue weighted by molar-refractivity contribution is 6.21. The summed E-state index contributed by atoms with van der Waals surface area (Å²) in [7, 11) is 0. The molecule has 0 unspecified atom stereocenters. The first-order valence-electron chi connectivity index (χ1n) is 7.42. The van der Waals surface area contributed by atoms with Gasteiger partial charge in [0.25, 0.3) is 0 Å². The van der Waals surface area contributed by atoms with Crippen LogP contribution in [0, 0.1) is 5.41 Å². The number of carbonyl (C=O) groups is 3. The number of nitrogens with two attached hydrogens (primary N) is 1. The first kappa shape index (κ1) is 23.7. The van der Waals surface area contributed by atoms with Gasteiger partial charge < -0.3 is 20.6 Å². The molecule has 0 amide bonds. The summed E-state index contributed by atoms with van der Waals surface area (Å²) >= 11 is 0. The van der Waals surface area contributed by atoms with Gasteiger partial charge in [-0.05, 0) is 26.3 Å². The molecule has 0 saturated carbocycles. The zero-order valence-electron chi connectivity index (χ0n) is 14.6. The van der Waals surface area contributed by atoms with Gasteiger partial charge >= 0.3 is 11.9 Å². The second-order valence-corrected chi connectivity index (χ2v) is 4.28. The number of benzene rings is 1. The number of ketones is 1. The minimum Gasteiger partial charge on any atom is -0.466 e. The molecule has 0 spiro atoms. The average molecular weight is 338 g/mol. The van der Waals surface area contributed by atoms with Crippen molar-refractivity contribution in [2.75, 3.05) is 13.2 Å². The van der Waals surface area contributed by atoms with Crippen LogP contribution in [0.5, 0.6) is 0 Å². The molecular weight excluding hydrogens is 312 g/mol. The van der Waals surface area contributed by atoms with E-state index in [1.807, 2.05) is 12.1 Å². The van der Waals surface area contributed by atoms with Gasteiger partial charge in [0.05, 0.1) is 13.2 Å². The van der Waals surface area contributed by atoms with Crippen LogP contribution in [0.1, 0.15) is 43.6 Å². The molecule has 7 heteroatoms. The maximum Gasteiger partial charge on any atom is 0.348 e. The van der Waals surface area contributed by atoms with E-state index in [-0.39, 0.29) is 11.8 Å². The maximum atomic E-state index is 10.8. The molecule has 134 valence electrons. The topological polar surface area (TPSA) is 120 Å². The van der Waals surface area contributed by atoms with Crippen molar-refractivity contribution in [3.63, 3.8) is 0 Å². The van der Waals surface area contributed by atoms with E-state index in [4.69, 9.17) is 11.1 Å². The minimum atomic E-state index is -0.581. The van der Waals surface area contributed by atoms with Gasteiger partial charge in [0.2, 0.25) is 0 Å². The van der Waals surface area contributed by atoms with Crippen molar-refractivity contribution in [1.82, 2.24) is 0 Å². The minimum absolute atomic E-state index is 0.0913. The van der Waals surface area contributed by atoms with Crippen molar-refractivity contribution in [2.24, 2.45) is 5.73 Å². The molecular formula is C17H26N2O5. The fourth-order valence-electron chi connectivity index (χ4n) is 1.26. The van der Waals surface area contributed by atoms with Crippen molar-refractivity contribution in [3.8, 4) is 0 Å². The van der Waals surface area contributed by atoms with Crippen LogP contribution in [0.3, 0.4) is 0 Å². The molecule has 7 nitrogen and oxygen atoms in total. The second kappa shape index (κ2) is 15.4. The van der Waals surface area contributed by atoms with Crippen LogP contribution in [0.15, 0.2) is 24.3 Å². The second-order valence-electron chi connectivity index (χ2n) is 4.28. The number of carbonyl (C=O) groups excluding carboxylic acids is 3. The highest BCUT2D eigenvalue weighted by Crippen LogP contribution is 2.03. The Hall–Kier alpha value is -2.54. The SMILES string of the molecule is CC(=O)c1ccc(CN)cc1.CCOC(=O)C=N.CCOC(C)=O. The van der Waals surface area contributed by atoms with E-state index in [2.05, 4.69) is 9.47 Å². The van der Waals surface area contributed by atoms with Crippen molar-refractivity contribution in [2.45, 2.75) is 34.2 Å². The van der Waals surface area contributed by atoms with Crippen LogP contribution in [0.25, 0.3) is 0 Å². The quantitative estimate of drug-likeness (QED) is 0.482. The molecule has 0 radical (unpaired) electrons. The molecule has 0 fully saturated rings. The molecule has 0 aliphatic rings. The molecule has 0 heterocycles. The van der Waals surface area contributed by atoms with Gasteiger partial charge in [-0.25, -0.2) is 4.79 Å². The lowest BCUT2D eigenvalue weighted by atomic mass is 10.1. The Kier molecular flexibility index (Phi) is 15.2. The van der Waals surface area contributed by atoms with Crippen molar-refractivity contribution >= 4 is 23.9 Å². The summed E-state index contributed by atoms with van der Waals surface area (Å²) in [4.78, 5) is 30.6. The fraction of sp³-hybridized carbons (Fsp3) is 0.412. The molecule has 1 aromatic rings. The Labute approximate surface area is 142 Å². The van der Waals surface area contributed by atoms with Crippen LogP contribution in [0.4, 0.5) is 0 Å². The normalized spacial score (nSPS) is 8.54. The third-order valence-corrected chi connectivity index (χ3v) is 2.35. The largest absolute Gasteiger partial charge is 0.466 e. The van der Waals surface area contributed by atoms with E-state index in [1.54, 1.807) is 32.9 Å². The Bertz CT molecular complexity index is 512. The molecule has 0 aromatic heterocycles. The van der Waals surface area contributed by atoms with Gasteiger partial charge in [-0.3, -0.25) is 9.59 Å². The highest BCUT2D eigenvalue weighted by Gasteiger charge is 1.96. The number of nitrogens with one attached hydrogen (secondary N) is 1. The van der Waals surface area contributed by atoms with E-state index in [0.29, 0.717) is 26.0 Å². The molecule has 1 rings (SSSR count). The van der Waals surface area contributed by atoms with E-state index in [1.165, 1.54) is 6.92 Å². The Morgan fingerprint density at radius 3 is 1.75 bits per heavy atom. The molecule has 0 saturated heterocycles. The molecule has 3 N–H and O–H groups in total. The van der Waals surface area contributed by atoms with E-state index in [9.17, 15) is 14.4 Å². The van der Waals surface area contributed by atoms with Crippen molar-refractivity contribution < 1.29 is 23.9 Å². The predicted molar refractivity (Wildman–Crippen MR) is 92.1 cm³/mol. The lowest BCUT2D eigenvalue weighted by Gasteiger charge is -1.97. The molecule has 24 heavy (non-hydrogen) atoms. The first-order valence-corrected chi connectivity index (χ1v) is 7.42. The van der Waals surface area contributed by atoms with Crippen LogP contribution in [-0.4, -0.2) is 37.2 Å². The van der Waals surface area contributed by atoms with Gasteiger partial charge in [0.15, 0.2) is 5.78 Å². The standard InChI is InChI=1S/C9H11NO.C4H7NO2.C4H8O2/c1-7(11)9-4-2-8(6-10)3-5-9;1-2-7-4(6)3-5;1-3-6-4(2)5/h2-5H,6,10H2,1H3;3,5H,2H2,1H3;3H2,1-2H3. The molecule has 0 bridgehead atoms. The van der Waals surface area contributed by atoms with Crippen LogP contribution in [-0.2, 0) is 25.6 Å². The number of esters is 2. The number of Topliss-reactive ketones (excluding diaryl/α,β-unsaturated/α-hetero) is 1. The van der Waals surface area contributed by atoms with E-state index >= 15 is 0 Å². The van der Waals surface area contributed by atoms with E-state index < -0.39 is 5.97 Å². The lowest BCUT2D eigenvalue weighted by Crippen LogP contribution is -2.02. The maximum absolute atomic E-state index is 10.8. The number of ether oxygens (including phenoxy) is 2. The zero-order chi connectivity index (χ0) is 19.0. The number of hydrogen-bond donors (Lipinski definition) is 2. The van der Waals surface area contributed by atoms with Crippen LogP contribution < -0.4 is 5.73 Å². The Morgan fingerprint density at radius 1 is 1.04 bits per heavy atom. The van der Waals surface area contributed by atoms with Crippen molar-refractivity contribution in [1.29, 1.82) is 5.41 Å². The zero-order valence-corrected chi connectivity index (χ0v) is 14.6. The summed E-state index contributed by atoms with van der Waals surface area (Å²) < 4.78 is 8.71. The summed E-state index contributed by atoms with van der Waals surface area (Å²) in [6.45, 7) is 7.77. The molecule has 0 aliphatic carbocycles.